The number of carbonyl (C=O) groups excluding carboxylic acids is 1. The second-order valence-electron chi connectivity index (χ2n) is 12.2. The average Bonchev–Trinajstić information content (AvgIpc) is 3.50. The molecular weight excluding hydrogens is 558 g/mol. The third kappa shape index (κ3) is 5.31. The number of carbonyl (C=O) groups is 1. The number of amides is 1. The van der Waals surface area contributed by atoms with Gasteiger partial charge < -0.3 is 30.2 Å². The maximum absolute atomic E-state index is 12.6. The van der Waals surface area contributed by atoms with Crippen LogP contribution in [0.25, 0.3) is 22.1 Å². The topological polar surface area (TPSA) is 139 Å². The van der Waals surface area contributed by atoms with Crippen molar-refractivity contribution in [1.82, 2.24) is 29.4 Å². The third-order valence-electron chi connectivity index (χ3n) is 8.68. The van der Waals surface area contributed by atoms with Crippen LogP contribution >= 0.6 is 0 Å². The number of ether oxygens (including phenoxy) is 1. The number of imidazole rings is 1. The Balaban J connectivity index is 1.10. The van der Waals surface area contributed by atoms with Gasteiger partial charge in [0.1, 0.15) is 18.5 Å². The number of aromatic nitrogens is 5. The lowest BCUT2D eigenvalue weighted by molar-refractivity contribution is -0.137. The molecule has 1 saturated carbocycles. The van der Waals surface area contributed by atoms with Gasteiger partial charge in [0.2, 0.25) is 0 Å². The number of nitrogens with zero attached hydrogens (tertiary/aromatic N) is 5. The molecule has 44 heavy (non-hydrogen) atoms. The van der Waals surface area contributed by atoms with Crippen LogP contribution in [0.5, 0.6) is 0 Å². The Morgan fingerprint density at radius 2 is 1.89 bits per heavy atom. The molecule has 0 spiro atoms. The van der Waals surface area contributed by atoms with Crippen LogP contribution in [0.1, 0.15) is 48.2 Å². The molecule has 2 aliphatic rings. The summed E-state index contributed by atoms with van der Waals surface area (Å²) in [4.78, 5) is 26.0. The molecular formula is C33H37N7O4. The Bertz CT molecular complexity index is 1840. The number of para-hydroxylation sites is 1. The predicted molar refractivity (Wildman–Crippen MR) is 166 cm³/mol. The van der Waals surface area contributed by atoms with Crippen molar-refractivity contribution in [2.45, 2.75) is 83.2 Å². The van der Waals surface area contributed by atoms with Gasteiger partial charge >= 0.3 is 0 Å². The van der Waals surface area contributed by atoms with Gasteiger partial charge in [0, 0.05) is 35.7 Å². The Hall–Kier alpha value is -4.32. The normalized spacial score (nSPS) is 22.5. The van der Waals surface area contributed by atoms with E-state index in [-0.39, 0.29) is 12.1 Å². The Morgan fingerprint density at radius 3 is 2.70 bits per heavy atom. The lowest BCUT2D eigenvalue weighted by atomic mass is 10.1. The predicted octanol–water partition coefficient (Wildman–Crippen LogP) is 3.39. The van der Waals surface area contributed by atoms with Gasteiger partial charge in [-0.2, -0.15) is 0 Å². The molecule has 2 fully saturated rings. The molecule has 5 aromatic rings. The highest BCUT2D eigenvalue weighted by atomic mass is 16.6. The Kier molecular flexibility index (Phi) is 7.31. The summed E-state index contributed by atoms with van der Waals surface area (Å²) in [5, 5.41) is 28.9. The fourth-order valence-corrected chi connectivity index (χ4v) is 6.15. The van der Waals surface area contributed by atoms with E-state index < -0.39 is 30.4 Å². The highest BCUT2D eigenvalue weighted by molar-refractivity contribution is 5.85. The van der Waals surface area contributed by atoms with Crippen LogP contribution in [-0.2, 0) is 22.5 Å². The molecule has 228 valence electrons. The first-order chi connectivity index (χ1) is 21.3. The maximum atomic E-state index is 12.6. The Morgan fingerprint density at radius 1 is 1.07 bits per heavy atom. The number of aliphatic hydroxyl groups excluding tert-OH is 2. The molecule has 5 atom stereocenters. The molecule has 2 aromatic carbocycles. The van der Waals surface area contributed by atoms with Gasteiger partial charge in [-0.05, 0) is 62.8 Å². The third-order valence-corrected chi connectivity index (χ3v) is 8.68. The van der Waals surface area contributed by atoms with E-state index in [0.29, 0.717) is 17.0 Å². The first-order valence-electron chi connectivity index (χ1n) is 15.2. The first-order valence-corrected chi connectivity index (χ1v) is 15.2. The molecule has 1 unspecified atom stereocenters. The van der Waals surface area contributed by atoms with Crippen LogP contribution in [0.2, 0.25) is 0 Å². The van der Waals surface area contributed by atoms with Crippen molar-refractivity contribution in [3.8, 4) is 0 Å². The van der Waals surface area contributed by atoms with E-state index in [4.69, 9.17) is 4.74 Å². The second-order valence-corrected chi connectivity index (χ2v) is 12.2. The van der Waals surface area contributed by atoms with Crippen molar-refractivity contribution < 1.29 is 19.7 Å². The van der Waals surface area contributed by atoms with E-state index in [0.717, 1.165) is 25.8 Å². The van der Waals surface area contributed by atoms with E-state index in [1.807, 2.05) is 0 Å². The number of nitrogens with one attached hydrogen (secondary N) is 2. The van der Waals surface area contributed by atoms with Gasteiger partial charge in [0.05, 0.1) is 6.33 Å². The molecule has 0 bridgehead atoms. The fourth-order valence-electron chi connectivity index (χ4n) is 6.15. The highest BCUT2D eigenvalue weighted by Crippen LogP contribution is 2.33. The molecule has 1 aliphatic carbocycles. The Labute approximate surface area is 254 Å². The minimum atomic E-state index is -1.37. The van der Waals surface area contributed by atoms with E-state index in [1.165, 1.54) is 45.8 Å². The van der Waals surface area contributed by atoms with Gasteiger partial charge in [0.15, 0.2) is 29.3 Å². The lowest BCUT2D eigenvalue weighted by Gasteiger charge is -2.17. The molecule has 11 nitrogen and oxygen atoms in total. The van der Waals surface area contributed by atoms with Gasteiger partial charge in [0.25, 0.3) is 5.91 Å². The van der Waals surface area contributed by atoms with E-state index >= 15 is 0 Å². The molecule has 1 saturated heterocycles. The number of anilines is 1. The average molecular weight is 596 g/mol. The molecule has 1 aliphatic heterocycles. The number of fused-ring (bicyclic) bond motifs is 2. The monoisotopic (exact) mass is 595 g/mol. The largest absolute Gasteiger partial charge is 0.387 e. The zero-order valence-electron chi connectivity index (χ0n) is 25.0. The summed E-state index contributed by atoms with van der Waals surface area (Å²) in [6.45, 7) is 7.18. The number of rotatable bonds is 9. The minimum Gasteiger partial charge on any atom is -0.387 e. The molecule has 3 aromatic heterocycles. The quantitative estimate of drug-likeness (QED) is 0.203. The van der Waals surface area contributed by atoms with E-state index in [2.05, 4.69) is 99.6 Å². The highest BCUT2D eigenvalue weighted by Gasteiger charge is 2.48. The van der Waals surface area contributed by atoms with Gasteiger partial charge in [-0.3, -0.25) is 9.36 Å². The van der Waals surface area contributed by atoms with Crippen LogP contribution in [0.4, 0.5) is 5.82 Å². The minimum absolute atomic E-state index is 0.00357. The summed E-state index contributed by atoms with van der Waals surface area (Å²) >= 11 is 0. The second kappa shape index (κ2) is 11.3. The lowest BCUT2D eigenvalue weighted by Crippen LogP contribution is -2.43. The van der Waals surface area contributed by atoms with Gasteiger partial charge in [-0.25, -0.2) is 15.0 Å². The summed E-state index contributed by atoms with van der Waals surface area (Å²) < 4.78 is 9.73. The maximum Gasteiger partial charge on any atom is 0.252 e. The van der Waals surface area contributed by atoms with Crippen LogP contribution < -0.4 is 10.6 Å². The zero-order valence-corrected chi connectivity index (χ0v) is 25.0. The van der Waals surface area contributed by atoms with Crippen LogP contribution in [0.15, 0.2) is 61.3 Å². The van der Waals surface area contributed by atoms with Crippen molar-refractivity contribution in [1.29, 1.82) is 0 Å². The van der Waals surface area contributed by atoms with Crippen molar-refractivity contribution in [2.75, 3.05) is 5.32 Å². The number of hydrogen-bond acceptors (Lipinski definition) is 8. The van der Waals surface area contributed by atoms with Crippen molar-refractivity contribution in [3.63, 3.8) is 0 Å². The van der Waals surface area contributed by atoms with Gasteiger partial charge in [-0.1, -0.05) is 42.0 Å². The van der Waals surface area contributed by atoms with E-state index in [9.17, 15) is 15.0 Å². The molecule has 7 rings (SSSR count). The van der Waals surface area contributed by atoms with Crippen LogP contribution in [0.3, 0.4) is 0 Å². The van der Waals surface area contributed by atoms with Crippen molar-refractivity contribution >= 4 is 33.8 Å². The molecule has 4 heterocycles. The zero-order chi connectivity index (χ0) is 30.5. The standard InChI is InChI=1S/C33H37N7O4/c1-18-8-9-19(2)21(12-18)14-39-15-22(24-6-4-5-7-25(24)39)13-20(3)37-30-26-31(35-16-34-30)40(17-36-26)33-28(42)27(41)29(44-33)32(43)38-23-10-11-23/h4-9,12,15-17,20,23,27-29,33,41-42H,10-11,13-14H2,1-3H3,(H,38,43)(H,34,35,37)/t20?,27-,28+,29-,33+/m0/s1. The summed E-state index contributed by atoms with van der Waals surface area (Å²) in [6, 6.07) is 15.2. The fraction of sp³-hybridized carbons (Fsp3) is 0.394. The summed E-state index contributed by atoms with van der Waals surface area (Å²) in [7, 11) is 0. The molecule has 4 N–H and O–H groups in total. The summed E-state index contributed by atoms with van der Waals surface area (Å²) in [5.41, 5.74) is 7.20. The number of aliphatic hydroxyl groups is 2. The number of aryl methyl sites for hydroxylation is 2. The molecule has 11 heteroatoms. The van der Waals surface area contributed by atoms with Gasteiger partial charge in [-0.15, -0.1) is 0 Å². The SMILES string of the molecule is Cc1ccc(C)c(Cn2cc(CC(C)Nc3ncnc4c3ncn4[C@@H]3O[C@H](C(=O)NC4CC4)[C@@H](O)[C@H]3O)c3ccccc32)c1. The van der Waals surface area contributed by atoms with Crippen molar-refractivity contribution in [3.05, 3.63) is 83.6 Å². The summed E-state index contributed by atoms with van der Waals surface area (Å²) in [5.74, 6) is 0.128. The van der Waals surface area contributed by atoms with E-state index in [1.54, 1.807) is 4.57 Å². The first kappa shape index (κ1) is 28.5. The van der Waals surface area contributed by atoms with Crippen LogP contribution in [-0.4, -0.2) is 70.6 Å². The number of benzene rings is 2. The number of hydrogen-bond donors (Lipinski definition) is 4. The molecule has 0 radical (unpaired) electrons. The smallest absolute Gasteiger partial charge is 0.252 e. The summed E-state index contributed by atoms with van der Waals surface area (Å²) in [6.07, 6.45) is 2.85. The molecule has 1 amide bonds. The van der Waals surface area contributed by atoms with Crippen LogP contribution in [0, 0.1) is 13.8 Å². The van der Waals surface area contributed by atoms with Crippen molar-refractivity contribution in [2.24, 2.45) is 0 Å².